The van der Waals surface area contributed by atoms with Crippen molar-refractivity contribution >= 4 is 17.2 Å². The zero-order valence-electron chi connectivity index (χ0n) is 17.0. The molecule has 31 heavy (non-hydrogen) atoms. The molecule has 1 N–H and O–H groups in total. The van der Waals surface area contributed by atoms with Crippen LogP contribution in [0.5, 0.6) is 0 Å². The van der Waals surface area contributed by atoms with Gasteiger partial charge in [0.2, 0.25) is 0 Å². The van der Waals surface area contributed by atoms with E-state index in [1.165, 1.54) is 17.4 Å². The number of amides is 1. The summed E-state index contributed by atoms with van der Waals surface area (Å²) in [5.74, 6) is 0.343. The van der Waals surface area contributed by atoms with Crippen LogP contribution in [0.2, 0.25) is 0 Å². The molecule has 5 rings (SSSR count). The van der Waals surface area contributed by atoms with E-state index in [0.29, 0.717) is 54.4 Å². The number of likely N-dealkylation sites (tertiary alicyclic amines) is 1. The molecule has 2 aliphatic rings. The van der Waals surface area contributed by atoms with Gasteiger partial charge in [-0.15, -0.1) is 11.3 Å². The summed E-state index contributed by atoms with van der Waals surface area (Å²) >= 11 is 1.43. The minimum atomic E-state index is -0.229. The lowest BCUT2D eigenvalue weighted by Crippen LogP contribution is -2.37. The summed E-state index contributed by atoms with van der Waals surface area (Å²) in [6, 6.07) is 10.2. The molecule has 3 aromatic rings. The fourth-order valence-corrected chi connectivity index (χ4v) is 5.18. The van der Waals surface area contributed by atoms with Gasteiger partial charge in [-0.3, -0.25) is 14.5 Å². The first-order chi connectivity index (χ1) is 15.1. The molecular weight excluding hydrogens is 415 g/mol. The van der Waals surface area contributed by atoms with E-state index >= 15 is 0 Å². The maximum absolute atomic E-state index is 14.0. The Morgan fingerprint density at radius 2 is 2.10 bits per heavy atom. The van der Waals surface area contributed by atoms with Crippen LogP contribution in [0.1, 0.15) is 51.2 Å². The topological polar surface area (TPSA) is 69.3 Å². The Bertz CT molecular complexity index is 1160. The van der Waals surface area contributed by atoms with Crippen LogP contribution >= 0.6 is 11.3 Å². The number of H-pyrrole nitrogens is 1. The lowest BCUT2D eigenvalue weighted by atomic mass is 10.0. The van der Waals surface area contributed by atoms with Crippen molar-refractivity contribution in [3.05, 3.63) is 85.5 Å². The second-order valence-electron chi connectivity index (χ2n) is 8.06. The molecular formula is C23H23FN4O2S. The number of hydrogen-bond acceptors (Lipinski definition) is 5. The maximum Gasteiger partial charge on any atom is 0.264 e. The van der Waals surface area contributed by atoms with Gasteiger partial charge in [0.15, 0.2) is 0 Å². The predicted molar refractivity (Wildman–Crippen MR) is 116 cm³/mol. The molecule has 0 radical (unpaired) electrons. The summed E-state index contributed by atoms with van der Waals surface area (Å²) in [5, 5.41) is 1.89. The second kappa shape index (κ2) is 8.36. The van der Waals surface area contributed by atoms with Gasteiger partial charge in [-0.1, -0.05) is 24.3 Å². The number of thiophene rings is 1. The minimum Gasteiger partial charge on any atom is -0.328 e. The van der Waals surface area contributed by atoms with Crippen molar-refractivity contribution < 1.29 is 9.18 Å². The highest BCUT2D eigenvalue weighted by molar-refractivity contribution is 7.12. The van der Waals surface area contributed by atoms with Crippen molar-refractivity contribution in [2.45, 2.75) is 38.4 Å². The Morgan fingerprint density at radius 1 is 1.23 bits per heavy atom. The van der Waals surface area contributed by atoms with Crippen LogP contribution in [0, 0.1) is 5.82 Å². The third kappa shape index (κ3) is 3.93. The first-order valence-electron chi connectivity index (χ1n) is 10.5. The highest BCUT2D eigenvalue weighted by Gasteiger charge is 2.34. The molecule has 8 heteroatoms. The number of fused-ring (bicyclic) bond motifs is 1. The normalized spacial score (nSPS) is 18.9. The molecule has 0 aliphatic carbocycles. The van der Waals surface area contributed by atoms with E-state index in [1.807, 2.05) is 28.5 Å². The van der Waals surface area contributed by atoms with Gasteiger partial charge in [0.05, 0.1) is 22.2 Å². The van der Waals surface area contributed by atoms with E-state index in [9.17, 15) is 14.0 Å². The summed E-state index contributed by atoms with van der Waals surface area (Å²) in [5.41, 5.74) is 1.90. The number of carbonyl (C=O) groups is 1. The number of rotatable bonds is 4. The molecule has 4 heterocycles. The van der Waals surface area contributed by atoms with Gasteiger partial charge >= 0.3 is 0 Å². The number of carbonyl (C=O) groups excluding carboxylic acids is 1. The number of benzene rings is 1. The van der Waals surface area contributed by atoms with E-state index in [2.05, 4.69) is 9.88 Å². The number of aromatic amines is 1. The first kappa shape index (κ1) is 20.1. The average Bonchev–Trinajstić information content (AvgIpc) is 3.48. The molecule has 1 fully saturated rings. The van der Waals surface area contributed by atoms with Crippen LogP contribution in [-0.4, -0.2) is 38.8 Å². The zero-order chi connectivity index (χ0) is 21.4. The van der Waals surface area contributed by atoms with Crippen molar-refractivity contribution in [3.63, 3.8) is 0 Å². The van der Waals surface area contributed by atoms with Gasteiger partial charge in [0, 0.05) is 38.2 Å². The Hall–Kier alpha value is -2.84. The third-order valence-corrected chi connectivity index (χ3v) is 6.94. The van der Waals surface area contributed by atoms with Gasteiger partial charge in [-0.05, 0) is 30.4 Å². The molecule has 0 bridgehead atoms. The van der Waals surface area contributed by atoms with E-state index in [-0.39, 0.29) is 23.3 Å². The SMILES string of the molecule is O=C(c1cccs1)N1CCC[C@H]1c1nc2c(c(=O)[nH]1)CN(Cc1ccccc1F)CC2. The number of halogens is 1. The third-order valence-electron chi connectivity index (χ3n) is 6.08. The first-order valence-corrected chi connectivity index (χ1v) is 11.4. The van der Waals surface area contributed by atoms with E-state index < -0.39 is 0 Å². The van der Waals surface area contributed by atoms with Gasteiger partial charge in [0.25, 0.3) is 11.5 Å². The summed E-state index contributed by atoms with van der Waals surface area (Å²) in [7, 11) is 0. The van der Waals surface area contributed by atoms with Crippen molar-refractivity contribution in [2.24, 2.45) is 0 Å². The van der Waals surface area contributed by atoms with Crippen molar-refractivity contribution in [1.29, 1.82) is 0 Å². The highest BCUT2D eigenvalue weighted by Crippen LogP contribution is 2.32. The molecule has 6 nitrogen and oxygen atoms in total. The predicted octanol–water partition coefficient (Wildman–Crippen LogP) is 3.51. The maximum atomic E-state index is 14.0. The number of hydrogen-bond donors (Lipinski definition) is 1. The molecule has 0 unspecified atom stereocenters. The standard InChI is InChI=1S/C23H23FN4O2S/c24-17-6-2-1-5-15(17)13-27-11-9-18-16(14-27)22(29)26-21(25-18)19-7-3-10-28(19)23(30)20-8-4-12-31-20/h1-2,4-6,8,12,19H,3,7,9-11,13-14H2,(H,25,26,29)/t19-/m0/s1. The molecule has 2 aliphatic heterocycles. The smallest absolute Gasteiger partial charge is 0.264 e. The Balaban J connectivity index is 1.37. The molecule has 1 saturated heterocycles. The Morgan fingerprint density at radius 3 is 2.90 bits per heavy atom. The van der Waals surface area contributed by atoms with Crippen LogP contribution in [0.3, 0.4) is 0 Å². The monoisotopic (exact) mass is 438 g/mol. The zero-order valence-corrected chi connectivity index (χ0v) is 17.8. The molecule has 0 spiro atoms. The second-order valence-corrected chi connectivity index (χ2v) is 9.01. The highest BCUT2D eigenvalue weighted by atomic mass is 32.1. The van der Waals surface area contributed by atoms with Gasteiger partial charge in [-0.2, -0.15) is 0 Å². The fourth-order valence-electron chi connectivity index (χ4n) is 4.50. The Kier molecular flexibility index (Phi) is 5.41. The van der Waals surface area contributed by atoms with Crippen LogP contribution in [-0.2, 0) is 19.5 Å². The van der Waals surface area contributed by atoms with E-state index in [1.54, 1.807) is 12.1 Å². The van der Waals surface area contributed by atoms with Crippen molar-refractivity contribution in [3.8, 4) is 0 Å². The minimum absolute atomic E-state index is 0.00562. The van der Waals surface area contributed by atoms with Gasteiger partial charge in [-0.25, -0.2) is 9.37 Å². The quantitative estimate of drug-likeness (QED) is 0.677. The average molecular weight is 439 g/mol. The number of nitrogens with zero attached hydrogens (tertiary/aromatic N) is 3. The summed E-state index contributed by atoms with van der Waals surface area (Å²) in [4.78, 5) is 38.1. The number of nitrogens with one attached hydrogen (secondary N) is 1. The lowest BCUT2D eigenvalue weighted by molar-refractivity contribution is 0.0734. The fraction of sp³-hybridized carbons (Fsp3) is 0.348. The molecule has 0 saturated carbocycles. The van der Waals surface area contributed by atoms with Crippen LogP contribution in [0.25, 0.3) is 0 Å². The van der Waals surface area contributed by atoms with Crippen LogP contribution < -0.4 is 5.56 Å². The Labute approximate surface area is 183 Å². The van der Waals surface area contributed by atoms with Crippen LogP contribution in [0.15, 0.2) is 46.6 Å². The van der Waals surface area contributed by atoms with E-state index in [4.69, 9.17) is 4.98 Å². The van der Waals surface area contributed by atoms with Crippen molar-refractivity contribution in [1.82, 2.24) is 19.8 Å². The summed E-state index contributed by atoms with van der Waals surface area (Å²) < 4.78 is 14.0. The molecule has 1 aromatic carbocycles. The molecule has 1 amide bonds. The molecule has 1 atom stereocenters. The molecule has 160 valence electrons. The summed E-state index contributed by atoms with van der Waals surface area (Å²) in [6.07, 6.45) is 2.31. The van der Waals surface area contributed by atoms with Crippen molar-refractivity contribution in [2.75, 3.05) is 13.1 Å². The van der Waals surface area contributed by atoms with E-state index in [0.717, 1.165) is 18.5 Å². The van der Waals surface area contributed by atoms with Gasteiger partial charge < -0.3 is 9.88 Å². The molecule has 2 aromatic heterocycles. The van der Waals surface area contributed by atoms with Crippen LogP contribution in [0.4, 0.5) is 4.39 Å². The lowest BCUT2D eigenvalue weighted by Gasteiger charge is -2.29. The summed E-state index contributed by atoms with van der Waals surface area (Å²) in [6.45, 7) is 2.27. The number of aromatic nitrogens is 2. The van der Waals surface area contributed by atoms with Gasteiger partial charge in [0.1, 0.15) is 11.6 Å². The largest absolute Gasteiger partial charge is 0.328 e.